The second-order valence-electron chi connectivity index (χ2n) is 5.03. The van der Waals surface area contributed by atoms with Crippen LogP contribution in [-0.4, -0.2) is 40.6 Å². The molecule has 1 aliphatic rings. The van der Waals surface area contributed by atoms with E-state index in [9.17, 15) is 16.8 Å². The van der Waals surface area contributed by atoms with Crippen molar-refractivity contribution in [1.82, 2.24) is 0 Å². The van der Waals surface area contributed by atoms with Crippen LogP contribution in [0.15, 0.2) is 24.3 Å². The van der Waals surface area contributed by atoms with Crippen molar-refractivity contribution in [3.63, 3.8) is 0 Å². The molecule has 20 heavy (non-hydrogen) atoms. The van der Waals surface area contributed by atoms with Crippen LogP contribution in [0.4, 0.5) is 11.4 Å². The van der Waals surface area contributed by atoms with Crippen molar-refractivity contribution in [1.29, 1.82) is 0 Å². The highest BCUT2D eigenvalue weighted by Gasteiger charge is 2.23. The Kier molecular flexibility index (Phi) is 4.24. The van der Waals surface area contributed by atoms with E-state index in [1.807, 2.05) is 6.07 Å². The van der Waals surface area contributed by atoms with E-state index in [1.165, 1.54) is 0 Å². The Morgan fingerprint density at radius 3 is 2.35 bits per heavy atom. The Labute approximate surface area is 119 Å². The largest absolute Gasteiger partial charge is 0.382 e. The summed E-state index contributed by atoms with van der Waals surface area (Å²) in [7, 11) is -6.17. The Bertz CT molecular complexity index is 669. The van der Waals surface area contributed by atoms with Gasteiger partial charge in [0.1, 0.15) is 9.84 Å². The van der Waals surface area contributed by atoms with Crippen molar-refractivity contribution in [3.05, 3.63) is 24.3 Å². The molecule has 0 atom stereocenters. The van der Waals surface area contributed by atoms with Crippen molar-refractivity contribution in [2.75, 3.05) is 27.8 Å². The summed E-state index contributed by atoms with van der Waals surface area (Å²) in [4.78, 5) is 0. The van der Waals surface area contributed by atoms with Crippen molar-refractivity contribution in [2.45, 2.75) is 18.9 Å². The fourth-order valence-electron chi connectivity index (χ4n) is 2.16. The van der Waals surface area contributed by atoms with Crippen molar-refractivity contribution >= 4 is 31.2 Å². The lowest BCUT2D eigenvalue weighted by atomic mass is 10.1. The van der Waals surface area contributed by atoms with Gasteiger partial charge in [0.15, 0.2) is 0 Å². The molecule has 0 saturated carbocycles. The highest BCUT2D eigenvalue weighted by molar-refractivity contribution is 7.92. The molecule has 6 nitrogen and oxygen atoms in total. The lowest BCUT2D eigenvalue weighted by Gasteiger charge is -2.24. The molecule has 0 amide bonds. The second kappa shape index (κ2) is 5.61. The quantitative estimate of drug-likeness (QED) is 0.865. The Morgan fingerprint density at radius 1 is 1.15 bits per heavy atom. The molecule has 2 N–H and O–H groups in total. The van der Waals surface area contributed by atoms with Gasteiger partial charge in [-0.25, -0.2) is 16.8 Å². The third-order valence-electron chi connectivity index (χ3n) is 3.09. The zero-order valence-electron chi connectivity index (χ0n) is 11.2. The summed E-state index contributed by atoms with van der Waals surface area (Å²) in [5, 5.41) is 3.25. The first-order valence-electron chi connectivity index (χ1n) is 6.28. The first-order chi connectivity index (χ1) is 9.23. The second-order valence-corrected chi connectivity index (χ2v) is 9.08. The van der Waals surface area contributed by atoms with Crippen LogP contribution in [0.5, 0.6) is 0 Å². The van der Waals surface area contributed by atoms with Gasteiger partial charge in [-0.3, -0.25) is 4.72 Å². The van der Waals surface area contributed by atoms with Gasteiger partial charge in [0, 0.05) is 11.7 Å². The van der Waals surface area contributed by atoms with E-state index in [-0.39, 0.29) is 17.5 Å². The van der Waals surface area contributed by atoms with E-state index in [1.54, 1.807) is 18.2 Å². The molecule has 8 heteroatoms. The molecule has 0 aromatic heterocycles. The number of rotatable bonds is 4. The fourth-order valence-corrected chi connectivity index (χ4v) is 4.20. The minimum absolute atomic E-state index is 0.104. The van der Waals surface area contributed by atoms with E-state index in [4.69, 9.17) is 0 Å². The highest BCUT2D eigenvalue weighted by Crippen LogP contribution is 2.21. The highest BCUT2D eigenvalue weighted by atomic mass is 32.2. The maximum Gasteiger partial charge on any atom is 0.229 e. The third-order valence-corrected chi connectivity index (χ3v) is 5.41. The number of sulfone groups is 1. The summed E-state index contributed by atoms with van der Waals surface area (Å²) < 4.78 is 47.5. The monoisotopic (exact) mass is 318 g/mol. The summed E-state index contributed by atoms with van der Waals surface area (Å²) in [6.45, 7) is 0. The van der Waals surface area contributed by atoms with Crippen LogP contribution in [0.2, 0.25) is 0 Å². The molecule has 1 aromatic rings. The standard InChI is InChI=1S/C12H18N2O4S2/c1-19(15,16)14-12-4-2-3-11(9-12)13-10-5-7-20(17,18)8-6-10/h2-4,9-10,13-14H,5-8H2,1H3. The molecule has 1 heterocycles. The molecule has 1 saturated heterocycles. The van der Waals surface area contributed by atoms with Gasteiger partial charge in [-0.15, -0.1) is 0 Å². The number of hydrogen-bond acceptors (Lipinski definition) is 5. The van der Waals surface area contributed by atoms with Gasteiger partial charge in [-0.05, 0) is 31.0 Å². The van der Waals surface area contributed by atoms with Crippen LogP contribution in [0, 0.1) is 0 Å². The fraction of sp³-hybridized carbons (Fsp3) is 0.500. The number of benzene rings is 1. The molecule has 0 aliphatic carbocycles. The Hall–Kier alpha value is -1.28. The molecular weight excluding hydrogens is 300 g/mol. The van der Waals surface area contributed by atoms with E-state index < -0.39 is 19.9 Å². The average Bonchev–Trinajstić information content (AvgIpc) is 2.30. The number of sulfonamides is 1. The number of hydrogen-bond donors (Lipinski definition) is 2. The van der Waals surface area contributed by atoms with Crippen LogP contribution in [0.25, 0.3) is 0 Å². The van der Waals surface area contributed by atoms with Gasteiger partial charge >= 0.3 is 0 Å². The summed E-state index contributed by atoms with van der Waals surface area (Å²) in [6, 6.07) is 7.04. The lowest BCUT2D eigenvalue weighted by molar-refractivity contribution is 0.559. The summed E-state index contributed by atoms with van der Waals surface area (Å²) >= 11 is 0. The molecule has 1 aliphatic heterocycles. The molecule has 0 radical (unpaired) electrons. The summed E-state index contributed by atoms with van der Waals surface area (Å²) in [6.07, 6.45) is 2.25. The SMILES string of the molecule is CS(=O)(=O)Nc1cccc(NC2CCS(=O)(=O)CC2)c1. The van der Waals surface area contributed by atoms with Gasteiger partial charge in [0.05, 0.1) is 23.4 Å². The van der Waals surface area contributed by atoms with Gasteiger partial charge < -0.3 is 5.32 Å². The van der Waals surface area contributed by atoms with Crippen molar-refractivity contribution in [3.8, 4) is 0 Å². The molecule has 1 fully saturated rings. The normalized spacial score (nSPS) is 19.4. The van der Waals surface area contributed by atoms with Crippen molar-refractivity contribution < 1.29 is 16.8 Å². The molecule has 1 aromatic carbocycles. The van der Waals surface area contributed by atoms with E-state index in [0.717, 1.165) is 11.9 Å². The van der Waals surface area contributed by atoms with Gasteiger partial charge in [0.2, 0.25) is 10.0 Å². The maximum atomic E-state index is 11.4. The summed E-state index contributed by atoms with van der Waals surface area (Å²) in [5.74, 6) is 0.401. The topological polar surface area (TPSA) is 92.3 Å². The average molecular weight is 318 g/mol. The minimum Gasteiger partial charge on any atom is -0.382 e. The van der Waals surface area contributed by atoms with Crippen LogP contribution >= 0.6 is 0 Å². The van der Waals surface area contributed by atoms with Crippen LogP contribution in [0.3, 0.4) is 0 Å². The molecule has 0 bridgehead atoms. The zero-order chi connectivity index (χ0) is 14.8. The molecule has 2 rings (SSSR count). The zero-order valence-corrected chi connectivity index (χ0v) is 12.8. The smallest absolute Gasteiger partial charge is 0.229 e. The molecule has 0 spiro atoms. The maximum absolute atomic E-state index is 11.4. The number of nitrogens with one attached hydrogen (secondary N) is 2. The molecular formula is C12H18N2O4S2. The molecule has 0 unspecified atom stereocenters. The lowest BCUT2D eigenvalue weighted by Crippen LogP contribution is -2.32. The van der Waals surface area contributed by atoms with Gasteiger partial charge in [-0.1, -0.05) is 6.07 Å². The summed E-state index contributed by atoms with van der Waals surface area (Å²) in [5.41, 5.74) is 1.27. The predicted molar refractivity (Wildman–Crippen MR) is 80.2 cm³/mol. The van der Waals surface area contributed by atoms with Crippen molar-refractivity contribution in [2.24, 2.45) is 0 Å². The van der Waals surface area contributed by atoms with E-state index in [0.29, 0.717) is 18.5 Å². The predicted octanol–water partition coefficient (Wildman–Crippen LogP) is 1.05. The number of anilines is 2. The first kappa shape index (κ1) is 15.1. The van der Waals surface area contributed by atoms with Crippen LogP contribution < -0.4 is 10.0 Å². The van der Waals surface area contributed by atoms with Crippen LogP contribution in [0.1, 0.15) is 12.8 Å². The Morgan fingerprint density at radius 2 is 1.75 bits per heavy atom. The third kappa shape index (κ3) is 4.68. The van der Waals surface area contributed by atoms with Gasteiger partial charge in [-0.2, -0.15) is 0 Å². The van der Waals surface area contributed by atoms with Crippen LogP contribution in [-0.2, 0) is 19.9 Å². The van der Waals surface area contributed by atoms with E-state index >= 15 is 0 Å². The first-order valence-corrected chi connectivity index (χ1v) is 10.00. The Balaban J connectivity index is 2.02. The minimum atomic E-state index is -3.30. The van der Waals surface area contributed by atoms with E-state index in [2.05, 4.69) is 10.0 Å². The van der Waals surface area contributed by atoms with Gasteiger partial charge in [0.25, 0.3) is 0 Å². The molecule has 112 valence electrons.